The van der Waals surface area contributed by atoms with Gasteiger partial charge in [0.1, 0.15) is 5.37 Å². The van der Waals surface area contributed by atoms with E-state index >= 15 is 0 Å². The van der Waals surface area contributed by atoms with Gasteiger partial charge in [-0.2, -0.15) is 0 Å². The molecule has 3 N–H and O–H groups in total. The topological polar surface area (TPSA) is 72.2 Å². The zero-order valence-electron chi connectivity index (χ0n) is 6.58. The van der Waals surface area contributed by atoms with Crippen LogP contribution in [-0.2, 0) is 9.84 Å². The number of hydrogen-bond donors (Lipinski definition) is 2. The van der Waals surface area contributed by atoms with Crippen LogP contribution in [-0.4, -0.2) is 32.6 Å². The van der Waals surface area contributed by atoms with Crippen LogP contribution >= 0.6 is 0 Å². The lowest BCUT2D eigenvalue weighted by molar-refractivity contribution is 0.531. The van der Waals surface area contributed by atoms with E-state index in [1.807, 2.05) is 0 Å². The Morgan fingerprint density at radius 1 is 1.64 bits per heavy atom. The van der Waals surface area contributed by atoms with Crippen molar-refractivity contribution in [2.24, 2.45) is 5.73 Å². The van der Waals surface area contributed by atoms with Crippen LogP contribution in [0, 0.1) is 0 Å². The van der Waals surface area contributed by atoms with Gasteiger partial charge in [0.15, 0.2) is 9.84 Å². The van der Waals surface area contributed by atoms with Crippen LogP contribution in [0.3, 0.4) is 0 Å². The van der Waals surface area contributed by atoms with Gasteiger partial charge in [0.05, 0.1) is 0 Å². The summed E-state index contributed by atoms with van der Waals surface area (Å²) in [6.45, 7) is 0.883. The van der Waals surface area contributed by atoms with Crippen LogP contribution < -0.4 is 11.1 Å². The van der Waals surface area contributed by atoms with Gasteiger partial charge < -0.3 is 11.1 Å². The van der Waals surface area contributed by atoms with Crippen molar-refractivity contribution in [3.8, 4) is 0 Å². The fraction of sp³-hybridized carbons (Fsp3) is 1.00. The fourth-order valence-corrected chi connectivity index (χ4v) is 2.12. The first-order valence-electron chi connectivity index (χ1n) is 3.69. The van der Waals surface area contributed by atoms with Gasteiger partial charge in [-0.15, -0.1) is 0 Å². The van der Waals surface area contributed by atoms with Gasteiger partial charge in [0.25, 0.3) is 0 Å². The summed E-state index contributed by atoms with van der Waals surface area (Å²) in [5.74, 6) is 0. The first-order valence-corrected chi connectivity index (χ1v) is 5.65. The zero-order chi connectivity index (χ0) is 8.48. The standard InChI is InChI=1S/C6H14N2O2S/c1-11(9,10)6(7)5-3-2-4-8-5/h5-6,8H,2-4,7H2,1H3/t5-,6?/m1/s1. The molecule has 0 aromatic carbocycles. The van der Waals surface area contributed by atoms with Gasteiger partial charge in [0, 0.05) is 12.3 Å². The highest BCUT2D eigenvalue weighted by Crippen LogP contribution is 2.10. The average molecular weight is 178 g/mol. The summed E-state index contributed by atoms with van der Waals surface area (Å²) in [5.41, 5.74) is 5.51. The molecular formula is C6H14N2O2S. The summed E-state index contributed by atoms with van der Waals surface area (Å²) in [5, 5.41) is 2.33. The molecule has 11 heavy (non-hydrogen) atoms. The third-order valence-corrected chi connectivity index (χ3v) is 3.31. The molecule has 1 heterocycles. The Kier molecular flexibility index (Phi) is 2.51. The minimum Gasteiger partial charge on any atom is -0.314 e. The summed E-state index contributed by atoms with van der Waals surface area (Å²) in [7, 11) is -3.07. The molecule has 1 aliphatic rings. The lowest BCUT2D eigenvalue weighted by Crippen LogP contribution is -2.46. The van der Waals surface area contributed by atoms with Crippen molar-refractivity contribution in [2.45, 2.75) is 24.3 Å². The van der Waals surface area contributed by atoms with Crippen LogP contribution in [0.1, 0.15) is 12.8 Å². The molecule has 0 bridgehead atoms. The van der Waals surface area contributed by atoms with Crippen LogP contribution in [0.25, 0.3) is 0 Å². The average Bonchev–Trinajstić information content (AvgIpc) is 2.34. The molecule has 0 amide bonds. The normalized spacial score (nSPS) is 28.7. The van der Waals surface area contributed by atoms with Crippen LogP contribution in [0.5, 0.6) is 0 Å². The molecular weight excluding hydrogens is 164 g/mol. The van der Waals surface area contributed by atoms with Crippen LogP contribution in [0.4, 0.5) is 0 Å². The molecule has 1 unspecified atom stereocenters. The van der Waals surface area contributed by atoms with Gasteiger partial charge in [-0.05, 0) is 19.4 Å². The van der Waals surface area contributed by atoms with Crippen molar-refractivity contribution < 1.29 is 8.42 Å². The van der Waals surface area contributed by atoms with E-state index in [1.165, 1.54) is 6.26 Å². The Labute approximate surface area is 67.1 Å². The summed E-state index contributed by atoms with van der Waals surface area (Å²) >= 11 is 0. The minimum atomic E-state index is -3.07. The fourth-order valence-electron chi connectivity index (χ4n) is 1.29. The monoisotopic (exact) mass is 178 g/mol. The smallest absolute Gasteiger partial charge is 0.164 e. The molecule has 1 aliphatic heterocycles. The van der Waals surface area contributed by atoms with Crippen LogP contribution in [0.15, 0.2) is 0 Å². The third kappa shape index (κ3) is 2.15. The molecule has 1 fully saturated rings. The first kappa shape index (κ1) is 8.96. The number of rotatable bonds is 2. The van der Waals surface area contributed by atoms with Crippen molar-refractivity contribution >= 4 is 9.84 Å². The molecule has 0 aliphatic carbocycles. The number of nitrogens with two attached hydrogens (primary N) is 1. The number of sulfone groups is 1. The van der Waals surface area contributed by atoms with E-state index in [-0.39, 0.29) is 6.04 Å². The van der Waals surface area contributed by atoms with Crippen LogP contribution in [0.2, 0.25) is 0 Å². The third-order valence-electron chi connectivity index (χ3n) is 1.99. The van der Waals surface area contributed by atoms with E-state index < -0.39 is 15.2 Å². The molecule has 0 radical (unpaired) electrons. The SMILES string of the molecule is CS(=O)(=O)C(N)[C@H]1CCCN1. The van der Waals surface area contributed by atoms with E-state index in [0.29, 0.717) is 0 Å². The van der Waals surface area contributed by atoms with Crippen molar-refractivity contribution in [1.29, 1.82) is 0 Å². The Morgan fingerprint density at radius 2 is 2.27 bits per heavy atom. The lowest BCUT2D eigenvalue weighted by atomic mass is 10.2. The molecule has 1 saturated heterocycles. The van der Waals surface area contributed by atoms with Crippen molar-refractivity contribution in [3.63, 3.8) is 0 Å². The van der Waals surface area contributed by atoms with Crippen molar-refractivity contribution in [3.05, 3.63) is 0 Å². The lowest BCUT2D eigenvalue weighted by Gasteiger charge is -2.16. The molecule has 0 saturated carbocycles. The second-order valence-electron chi connectivity index (χ2n) is 3.00. The Balaban J connectivity index is 2.60. The zero-order valence-corrected chi connectivity index (χ0v) is 7.39. The second kappa shape index (κ2) is 3.08. The summed E-state index contributed by atoms with van der Waals surface area (Å²) < 4.78 is 21.9. The summed E-state index contributed by atoms with van der Waals surface area (Å²) in [6, 6.07) is -0.0370. The van der Waals surface area contributed by atoms with E-state index in [9.17, 15) is 8.42 Å². The quantitative estimate of drug-likeness (QED) is 0.573. The van der Waals surface area contributed by atoms with Gasteiger partial charge in [-0.3, -0.25) is 0 Å². The van der Waals surface area contributed by atoms with Gasteiger partial charge in [-0.25, -0.2) is 8.42 Å². The maximum Gasteiger partial charge on any atom is 0.164 e. The number of nitrogens with one attached hydrogen (secondary N) is 1. The highest BCUT2D eigenvalue weighted by Gasteiger charge is 2.28. The molecule has 66 valence electrons. The molecule has 0 spiro atoms. The summed E-state index contributed by atoms with van der Waals surface area (Å²) in [6.07, 6.45) is 3.07. The molecule has 5 heteroatoms. The maximum atomic E-state index is 11.0. The first-order chi connectivity index (χ1) is 5.02. The van der Waals surface area contributed by atoms with Gasteiger partial charge in [-0.1, -0.05) is 0 Å². The van der Waals surface area contributed by atoms with E-state index in [4.69, 9.17) is 5.73 Å². The predicted octanol–water partition coefficient (Wildman–Crippen LogP) is -0.932. The molecule has 4 nitrogen and oxygen atoms in total. The Morgan fingerprint density at radius 3 is 2.64 bits per heavy atom. The number of hydrogen-bond acceptors (Lipinski definition) is 4. The van der Waals surface area contributed by atoms with E-state index in [0.717, 1.165) is 19.4 Å². The highest BCUT2D eigenvalue weighted by atomic mass is 32.2. The molecule has 0 aromatic rings. The Hall–Kier alpha value is -0.130. The van der Waals surface area contributed by atoms with Crippen molar-refractivity contribution in [2.75, 3.05) is 12.8 Å². The summed E-state index contributed by atoms with van der Waals surface area (Å²) in [4.78, 5) is 0. The molecule has 2 atom stereocenters. The van der Waals surface area contributed by atoms with Gasteiger partial charge in [0.2, 0.25) is 0 Å². The second-order valence-corrected chi connectivity index (χ2v) is 5.20. The highest BCUT2D eigenvalue weighted by molar-refractivity contribution is 7.91. The maximum absolute atomic E-state index is 11.0. The van der Waals surface area contributed by atoms with Crippen molar-refractivity contribution in [1.82, 2.24) is 5.32 Å². The van der Waals surface area contributed by atoms with Gasteiger partial charge >= 0.3 is 0 Å². The predicted molar refractivity (Wildman–Crippen MR) is 43.8 cm³/mol. The molecule has 0 aromatic heterocycles. The Bertz CT molecular complexity index is 219. The van der Waals surface area contributed by atoms with E-state index in [2.05, 4.69) is 5.32 Å². The molecule has 1 rings (SSSR count). The minimum absolute atomic E-state index is 0.0370. The largest absolute Gasteiger partial charge is 0.314 e. The van der Waals surface area contributed by atoms with E-state index in [1.54, 1.807) is 0 Å².